The number of amides is 1. The third kappa shape index (κ3) is 11.0. The van der Waals surface area contributed by atoms with Crippen LogP contribution in [0.4, 0.5) is 5.69 Å². The summed E-state index contributed by atoms with van der Waals surface area (Å²) in [6.07, 6.45) is 13.7. The number of benzene rings is 2. The van der Waals surface area contributed by atoms with Gasteiger partial charge in [-0.05, 0) is 37.4 Å². The molecule has 0 bridgehead atoms. The molecular formula is C33H43N5O3S. The van der Waals surface area contributed by atoms with Gasteiger partial charge in [0.15, 0.2) is 5.01 Å². The Hall–Kier alpha value is -4.15. The summed E-state index contributed by atoms with van der Waals surface area (Å²) in [6, 6.07) is 12.3. The van der Waals surface area contributed by atoms with Crippen LogP contribution >= 0.6 is 11.3 Å². The third-order valence-corrected chi connectivity index (χ3v) is 7.17. The fourth-order valence-electron chi connectivity index (χ4n) is 4.25. The number of ether oxygens (including phenoxy) is 2. The lowest BCUT2D eigenvalue weighted by atomic mass is 9.95. The molecule has 4 rings (SSSR count). The number of carbonyl (C=O) groups excluding carboxylic acids is 1. The van der Waals surface area contributed by atoms with Crippen molar-refractivity contribution < 1.29 is 14.3 Å². The van der Waals surface area contributed by atoms with Gasteiger partial charge in [0.1, 0.15) is 5.75 Å². The average molecular weight is 590 g/mol. The van der Waals surface area contributed by atoms with E-state index in [9.17, 15) is 4.79 Å². The van der Waals surface area contributed by atoms with Crippen molar-refractivity contribution in [1.82, 2.24) is 15.6 Å². The number of thiazole rings is 1. The Kier molecular flexibility index (Phi) is 17.7. The summed E-state index contributed by atoms with van der Waals surface area (Å²) < 4.78 is 10.3. The second-order valence-electron chi connectivity index (χ2n) is 9.09. The summed E-state index contributed by atoms with van der Waals surface area (Å²) in [5.41, 5.74) is 2.92. The predicted molar refractivity (Wildman–Crippen MR) is 176 cm³/mol. The summed E-state index contributed by atoms with van der Waals surface area (Å²) >= 11 is 1.36. The molecule has 1 aliphatic carbocycles. The molecule has 224 valence electrons. The number of methoxy groups -OCH3 is 2. The number of hydrogen-bond donors (Lipinski definition) is 3. The molecule has 1 aromatic heterocycles. The van der Waals surface area contributed by atoms with Gasteiger partial charge in [0, 0.05) is 48.1 Å². The molecule has 0 saturated heterocycles. The topological polar surface area (TPSA) is 108 Å². The van der Waals surface area contributed by atoms with Crippen LogP contribution in [0.5, 0.6) is 5.75 Å². The highest BCUT2D eigenvalue weighted by Gasteiger charge is 2.19. The van der Waals surface area contributed by atoms with Gasteiger partial charge < -0.3 is 25.4 Å². The van der Waals surface area contributed by atoms with E-state index in [4.69, 9.17) is 14.7 Å². The van der Waals surface area contributed by atoms with Gasteiger partial charge in [-0.3, -0.25) is 4.79 Å². The van der Waals surface area contributed by atoms with E-state index in [0.717, 1.165) is 53.7 Å². The summed E-state index contributed by atoms with van der Waals surface area (Å²) in [7, 11) is 5.21. The fraction of sp³-hybridized carbons (Fsp3) is 0.364. The molecule has 3 aromatic rings. The molecule has 0 atom stereocenters. The maximum absolute atomic E-state index is 12.7. The van der Waals surface area contributed by atoms with Crippen molar-refractivity contribution in [2.24, 2.45) is 0 Å². The molecule has 1 aliphatic rings. The van der Waals surface area contributed by atoms with Crippen molar-refractivity contribution >= 4 is 33.7 Å². The van der Waals surface area contributed by atoms with E-state index in [-0.39, 0.29) is 11.9 Å². The summed E-state index contributed by atoms with van der Waals surface area (Å²) in [5.74, 6) is 0.596. The highest BCUT2D eigenvalue weighted by atomic mass is 32.1. The lowest BCUT2D eigenvalue weighted by Gasteiger charge is -2.22. The van der Waals surface area contributed by atoms with E-state index in [1.54, 1.807) is 14.2 Å². The van der Waals surface area contributed by atoms with Gasteiger partial charge in [-0.15, -0.1) is 37.3 Å². The second-order valence-corrected chi connectivity index (χ2v) is 9.95. The first-order chi connectivity index (χ1) is 20.5. The molecule has 1 heterocycles. The zero-order chi connectivity index (χ0) is 31.3. The highest BCUT2D eigenvalue weighted by molar-refractivity contribution is 7.12. The third-order valence-electron chi connectivity index (χ3n) is 6.33. The molecule has 0 aliphatic heterocycles. The molecule has 1 fully saturated rings. The SMILES string of the molecule is C#C.C=C.C=C(C#N)CNc1c(OC)ccc2ccc(-c3csc(C(=O)NC4CCCCC4)n3)cc12.CNCCOC. The maximum atomic E-state index is 12.7. The predicted octanol–water partition coefficient (Wildman–Crippen LogP) is 6.43. The number of terminal acetylenes is 1. The second kappa shape index (κ2) is 20.7. The maximum Gasteiger partial charge on any atom is 0.280 e. The summed E-state index contributed by atoms with van der Waals surface area (Å²) in [4.78, 5) is 17.3. The van der Waals surface area contributed by atoms with Gasteiger partial charge in [-0.2, -0.15) is 5.26 Å². The number of hydrogen-bond acceptors (Lipinski definition) is 8. The van der Waals surface area contributed by atoms with Crippen LogP contribution in [0.25, 0.3) is 22.0 Å². The van der Waals surface area contributed by atoms with Crippen LogP contribution in [0.2, 0.25) is 0 Å². The largest absolute Gasteiger partial charge is 0.495 e. The van der Waals surface area contributed by atoms with E-state index in [1.807, 2.05) is 42.8 Å². The molecule has 42 heavy (non-hydrogen) atoms. The number of likely N-dealkylation sites (N-methyl/N-ethyl adjacent to an activating group) is 1. The van der Waals surface area contributed by atoms with Crippen LogP contribution in [0, 0.1) is 24.2 Å². The molecule has 0 unspecified atom stereocenters. The minimum Gasteiger partial charge on any atom is -0.495 e. The lowest BCUT2D eigenvalue weighted by molar-refractivity contribution is 0.0927. The fourth-order valence-corrected chi connectivity index (χ4v) is 4.98. The Morgan fingerprint density at radius 1 is 1.17 bits per heavy atom. The summed E-state index contributed by atoms with van der Waals surface area (Å²) in [6.45, 7) is 11.8. The molecule has 1 amide bonds. The quantitative estimate of drug-likeness (QED) is 0.108. The molecule has 2 aromatic carbocycles. The van der Waals surface area contributed by atoms with Gasteiger partial charge in [0.05, 0.1) is 31.2 Å². The standard InChI is InChI=1S/C25H26N4O2S.C4H11NO.C2H4.C2H2/c1-16(13-26)14-27-23-20-12-18(9-8-17(20)10-11-22(23)31-2)21-15-32-25(29-21)24(30)28-19-6-4-3-5-7-19;1-5-3-4-6-2;2*1-2/h8-12,15,19,27H,1,3-7,14H2,2H3,(H,28,30);5H,3-4H2,1-2H3;1-2H2;1-2H. The minimum atomic E-state index is -0.0898. The number of carbonyl (C=O) groups is 1. The Labute approximate surface area is 254 Å². The number of aromatic nitrogens is 1. The van der Waals surface area contributed by atoms with Crippen LogP contribution in [0.1, 0.15) is 41.9 Å². The van der Waals surface area contributed by atoms with Gasteiger partial charge >= 0.3 is 0 Å². The zero-order valence-electron chi connectivity index (χ0n) is 25.0. The smallest absolute Gasteiger partial charge is 0.280 e. The number of fused-ring (bicyclic) bond motifs is 1. The molecule has 0 radical (unpaired) electrons. The van der Waals surface area contributed by atoms with Gasteiger partial charge in [-0.1, -0.05) is 44.0 Å². The van der Waals surface area contributed by atoms with Crippen LogP contribution < -0.4 is 20.7 Å². The Balaban J connectivity index is 0.000000775. The number of nitriles is 1. The van der Waals surface area contributed by atoms with Gasteiger partial charge in [0.2, 0.25) is 0 Å². The van der Waals surface area contributed by atoms with Crippen molar-refractivity contribution in [3.8, 4) is 35.9 Å². The number of nitrogens with one attached hydrogen (secondary N) is 3. The minimum absolute atomic E-state index is 0.0898. The van der Waals surface area contributed by atoms with E-state index >= 15 is 0 Å². The van der Waals surface area contributed by atoms with Crippen molar-refractivity contribution in [3.05, 3.63) is 66.0 Å². The van der Waals surface area contributed by atoms with Crippen molar-refractivity contribution in [2.75, 3.05) is 46.3 Å². The van der Waals surface area contributed by atoms with Crippen LogP contribution in [0.15, 0.2) is 61.0 Å². The normalized spacial score (nSPS) is 12.1. The highest BCUT2D eigenvalue weighted by Crippen LogP contribution is 2.36. The monoisotopic (exact) mass is 589 g/mol. The molecular weight excluding hydrogens is 546 g/mol. The summed E-state index contributed by atoms with van der Waals surface area (Å²) in [5, 5.41) is 22.8. The van der Waals surface area contributed by atoms with Crippen LogP contribution in [-0.4, -0.2) is 57.9 Å². The van der Waals surface area contributed by atoms with Crippen LogP contribution in [0.3, 0.4) is 0 Å². The first-order valence-electron chi connectivity index (χ1n) is 13.7. The first kappa shape index (κ1) is 35.9. The van der Waals surface area contributed by atoms with Crippen molar-refractivity contribution in [2.45, 2.75) is 38.1 Å². The molecule has 1 saturated carbocycles. The molecule has 3 N–H and O–H groups in total. The average Bonchev–Trinajstić information content (AvgIpc) is 3.55. The van der Waals surface area contributed by atoms with E-state index < -0.39 is 0 Å². The number of rotatable bonds is 10. The van der Waals surface area contributed by atoms with Crippen LogP contribution in [-0.2, 0) is 4.74 Å². The van der Waals surface area contributed by atoms with Crippen molar-refractivity contribution in [1.29, 1.82) is 5.26 Å². The Morgan fingerprint density at radius 2 is 1.86 bits per heavy atom. The number of nitrogens with zero attached hydrogens (tertiary/aromatic N) is 2. The Bertz CT molecular complexity index is 1320. The Morgan fingerprint density at radius 3 is 2.45 bits per heavy atom. The molecule has 0 spiro atoms. The molecule has 8 nitrogen and oxygen atoms in total. The first-order valence-corrected chi connectivity index (χ1v) is 14.5. The lowest BCUT2D eigenvalue weighted by Crippen LogP contribution is -2.36. The van der Waals surface area contributed by atoms with Gasteiger partial charge in [0.25, 0.3) is 5.91 Å². The molecule has 9 heteroatoms. The van der Waals surface area contributed by atoms with Gasteiger partial charge in [-0.25, -0.2) is 4.98 Å². The van der Waals surface area contributed by atoms with E-state index in [1.165, 1.54) is 30.6 Å². The van der Waals surface area contributed by atoms with E-state index in [0.29, 0.717) is 22.9 Å². The van der Waals surface area contributed by atoms with Crippen molar-refractivity contribution in [3.63, 3.8) is 0 Å². The zero-order valence-corrected chi connectivity index (χ0v) is 25.8. The van der Waals surface area contributed by atoms with E-state index in [2.05, 4.69) is 59.6 Å². The number of anilines is 1.